The van der Waals surface area contributed by atoms with Gasteiger partial charge in [0.05, 0.1) is 28.7 Å². The van der Waals surface area contributed by atoms with Gasteiger partial charge < -0.3 is 14.8 Å². The van der Waals surface area contributed by atoms with Crippen LogP contribution < -0.4 is 14.8 Å². The van der Waals surface area contributed by atoms with Crippen LogP contribution in [0.4, 0.5) is 5.69 Å². The number of halogens is 1. The van der Waals surface area contributed by atoms with Gasteiger partial charge in [-0.05, 0) is 37.6 Å². The molecule has 2 aromatic carbocycles. The van der Waals surface area contributed by atoms with Crippen LogP contribution in [0.2, 0.25) is 5.02 Å². The van der Waals surface area contributed by atoms with Gasteiger partial charge in [0.2, 0.25) is 0 Å². The maximum Gasteiger partial charge on any atom is 0.270 e. The largest absolute Gasteiger partial charge is 0.493 e. The van der Waals surface area contributed by atoms with Crippen molar-refractivity contribution in [3.05, 3.63) is 62.7 Å². The molecule has 0 saturated heterocycles. The van der Waals surface area contributed by atoms with Gasteiger partial charge in [-0.3, -0.25) is 14.9 Å². The molecule has 2 rings (SSSR count). The summed E-state index contributed by atoms with van der Waals surface area (Å²) in [6, 6.07) is 9.09. The number of non-ortho nitro benzene ring substituents is 1. The second kappa shape index (κ2) is 8.53. The van der Waals surface area contributed by atoms with Crippen LogP contribution in [0, 0.1) is 10.1 Å². The predicted molar refractivity (Wildman–Crippen MR) is 98.0 cm³/mol. The Kier molecular flexibility index (Phi) is 6.41. The highest BCUT2D eigenvalue weighted by Crippen LogP contribution is 2.29. The van der Waals surface area contributed by atoms with Crippen LogP contribution in [-0.2, 0) is 6.54 Å². The molecule has 0 aliphatic carbocycles. The first-order valence-corrected chi connectivity index (χ1v) is 8.25. The summed E-state index contributed by atoms with van der Waals surface area (Å²) in [5.74, 6) is 0.765. The van der Waals surface area contributed by atoms with Crippen molar-refractivity contribution in [2.45, 2.75) is 26.5 Å². The number of nitrogens with one attached hydrogen (secondary N) is 1. The Morgan fingerprint density at radius 3 is 2.54 bits per heavy atom. The maximum absolute atomic E-state index is 12.3. The highest BCUT2D eigenvalue weighted by atomic mass is 35.5. The van der Waals surface area contributed by atoms with Gasteiger partial charge in [-0.25, -0.2) is 0 Å². The van der Waals surface area contributed by atoms with E-state index in [-0.39, 0.29) is 28.9 Å². The molecule has 26 heavy (non-hydrogen) atoms. The minimum atomic E-state index is -0.569. The monoisotopic (exact) mass is 378 g/mol. The number of nitro benzene ring substituents is 1. The zero-order chi connectivity index (χ0) is 19.3. The Hall–Kier alpha value is -2.80. The molecular weight excluding hydrogens is 360 g/mol. The van der Waals surface area contributed by atoms with Crippen LogP contribution in [0.1, 0.15) is 29.8 Å². The number of ether oxygens (including phenoxy) is 2. The van der Waals surface area contributed by atoms with E-state index >= 15 is 0 Å². The highest BCUT2D eigenvalue weighted by molar-refractivity contribution is 6.34. The third-order valence-electron chi connectivity index (χ3n) is 3.45. The lowest BCUT2D eigenvalue weighted by Gasteiger charge is -2.15. The second-order valence-electron chi connectivity index (χ2n) is 5.76. The second-order valence-corrected chi connectivity index (χ2v) is 6.16. The van der Waals surface area contributed by atoms with E-state index in [1.54, 1.807) is 19.2 Å². The van der Waals surface area contributed by atoms with Gasteiger partial charge in [-0.15, -0.1) is 0 Å². The summed E-state index contributed by atoms with van der Waals surface area (Å²) in [5, 5.41) is 13.5. The lowest BCUT2D eigenvalue weighted by molar-refractivity contribution is -0.384. The summed E-state index contributed by atoms with van der Waals surface area (Å²) in [6.07, 6.45) is 0.0127. The maximum atomic E-state index is 12.3. The van der Waals surface area contributed by atoms with Gasteiger partial charge in [0.1, 0.15) is 0 Å². The summed E-state index contributed by atoms with van der Waals surface area (Å²) in [7, 11) is 1.54. The summed E-state index contributed by atoms with van der Waals surface area (Å²) in [5.41, 5.74) is 0.811. The first kappa shape index (κ1) is 19.5. The minimum Gasteiger partial charge on any atom is -0.493 e. The molecule has 1 N–H and O–H groups in total. The normalized spacial score (nSPS) is 10.5. The fourth-order valence-corrected chi connectivity index (χ4v) is 2.51. The first-order chi connectivity index (χ1) is 12.3. The van der Waals surface area contributed by atoms with E-state index in [1.165, 1.54) is 12.1 Å². The molecule has 0 unspecified atom stereocenters. The Labute approximate surface area is 156 Å². The van der Waals surface area contributed by atoms with Crippen LogP contribution >= 0.6 is 11.6 Å². The summed E-state index contributed by atoms with van der Waals surface area (Å²) in [4.78, 5) is 22.4. The molecule has 1 amide bonds. The molecule has 138 valence electrons. The van der Waals surface area contributed by atoms with Gasteiger partial charge >= 0.3 is 0 Å². The molecule has 0 saturated carbocycles. The molecule has 0 aliphatic rings. The first-order valence-electron chi connectivity index (χ1n) is 7.87. The number of hydrogen-bond acceptors (Lipinski definition) is 5. The molecule has 0 fully saturated rings. The average molecular weight is 379 g/mol. The van der Waals surface area contributed by atoms with Gasteiger partial charge in [-0.2, -0.15) is 0 Å². The third kappa shape index (κ3) is 4.86. The number of methoxy groups -OCH3 is 1. The van der Waals surface area contributed by atoms with Crippen molar-refractivity contribution >= 4 is 23.2 Å². The number of amides is 1. The average Bonchev–Trinajstić information content (AvgIpc) is 2.59. The van der Waals surface area contributed by atoms with Crippen LogP contribution in [0.25, 0.3) is 0 Å². The SMILES string of the molecule is COc1cc(CNC(=O)c2ccc([N+](=O)[O-])cc2Cl)ccc1OC(C)C. The number of carbonyl (C=O) groups excluding carboxylic acids is 1. The van der Waals surface area contributed by atoms with E-state index in [0.29, 0.717) is 11.5 Å². The van der Waals surface area contributed by atoms with E-state index in [9.17, 15) is 14.9 Å². The van der Waals surface area contributed by atoms with E-state index < -0.39 is 10.8 Å². The summed E-state index contributed by atoms with van der Waals surface area (Å²) < 4.78 is 11.0. The third-order valence-corrected chi connectivity index (χ3v) is 3.76. The van der Waals surface area contributed by atoms with Gasteiger partial charge in [0.25, 0.3) is 11.6 Å². The fourth-order valence-electron chi connectivity index (χ4n) is 2.25. The molecule has 0 heterocycles. The smallest absolute Gasteiger partial charge is 0.270 e. The standard InChI is InChI=1S/C18H19ClN2O5/c1-11(2)26-16-7-4-12(8-17(16)25-3)10-20-18(22)14-6-5-13(21(23)24)9-15(14)19/h4-9,11H,10H2,1-3H3,(H,20,22). The fraction of sp³-hybridized carbons (Fsp3) is 0.278. The summed E-state index contributed by atoms with van der Waals surface area (Å²) in [6.45, 7) is 4.08. The Balaban J connectivity index is 2.08. The van der Waals surface area contributed by atoms with Crippen molar-refractivity contribution in [1.82, 2.24) is 5.32 Å². The van der Waals surface area contributed by atoms with Crippen molar-refractivity contribution < 1.29 is 19.2 Å². The van der Waals surface area contributed by atoms with Crippen molar-refractivity contribution in [2.24, 2.45) is 0 Å². The number of benzene rings is 2. The number of hydrogen-bond donors (Lipinski definition) is 1. The minimum absolute atomic E-state index is 0.0127. The predicted octanol–water partition coefficient (Wildman–Crippen LogP) is 3.97. The number of rotatable bonds is 7. The molecule has 7 nitrogen and oxygen atoms in total. The van der Waals surface area contributed by atoms with Gasteiger partial charge in [-0.1, -0.05) is 17.7 Å². The molecule has 0 atom stereocenters. The van der Waals surface area contributed by atoms with Gasteiger partial charge in [0.15, 0.2) is 11.5 Å². The zero-order valence-electron chi connectivity index (χ0n) is 14.6. The van der Waals surface area contributed by atoms with E-state index in [1.807, 2.05) is 19.9 Å². The molecule has 0 spiro atoms. The molecule has 0 aliphatic heterocycles. The van der Waals surface area contributed by atoms with Crippen LogP contribution in [0.15, 0.2) is 36.4 Å². The van der Waals surface area contributed by atoms with Gasteiger partial charge in [0, 0.05) is 18.7 Å². The lowest BCUT2D eigenvalue weighted by atomic mass is 10.1. The highest BCUT2D eigenvalue weighted by Gasteiger charge is 2.15. The van der Waals surface area contributed by atoms with E-state index in [4.69, 9.17) is 21.1 Å². The van der Waals surface area contributed by atoms with E-state index in [0.717, 1.165) is 11.6 Å². The van der Waals surface area contributed by atoms with Crippen molar-refractivity contribution in [3.63, 3.8) is 0 Å². The van der Waals surface area contributed by atoms with Crippen molar-refractivity contribution in [1.29, 1.82) is 0 Å². The van der Waals surface area contributed by atoms with Crippen LogP contribution in [0.5, 0.6) is 11.5 Å². The van der Waals surface area contributed by atoms with Crippen LogP contribution in [0.3, 0.4) is 0 Å². The molecule has 8 heteroatoms. The molecule has 0 aromatic heterocycles. The number of nitro groups is 1. The number of nitrogens with zero attached hydrogens (tertiary/aromatic N) is 1. The Bertz CT molecular complexity index is 823. The molecule has 2 aromatic rings. The summed E-state index contributed by atoms with van der Waals surface area (Å²) >= 11 is 5.97. The molecular formula is C18H19ClN2O5. The molecule has 0 radical (unpaired) electrons. The Morgan fingerprint density at radius 2 is 1.96 bits per heavy atom. The zero-order valence-corrected chi connectivity index (χ0v) is 15.4. The van der Waals surface area contributed by atoms with Crippen molar-refractivity contribution in [2.75, 3.05) is 7.11 Å². The Morgan fingerprint density at radius 1 is 1.23 bits per heavy atom. The number of carbonyl (C=O) groups is 1. The van der Waals surface area contributed by atoms with E-state index in [2.05, 4.69) is 5.32 Å². The van der Waals surface area contributed by atoms with Crippen molar-refractivity contribution in [3.8, 4) is 11.5 Å². The van der Waals surface area contributed by atoms with Crippen LogP contribution in [-0.4, -0.2) is 24.0 Å². The molecule has 0 bridgehead atoms. The topological polar surface area (TPSA) is 90.7 Å². The quantitative estimate of drug-likeness (QED) is 0.581. The lowest BCUT2D eigenvalue weighted by Crippen LogP contribution is -2.23.